The zero-order valence-corrected chi connectivity index (χ0v) is 16.5. The summed E-state index contributed by atoms with van der Waals surface area (Å²) >= 11 is 0. The number of guanidine groups is 1. The Hall–Kier alpha value is -3.27. The molecule has 0 amide bonds. The van der Waals surface area contributed by atoms with Crippen LogP contribution in [0.3, 0.4) is 0 Å². The quantitative estimate of drug-likeness (QED) is 0.680. The van der Waals surface area contributed by atoms with E-state index < -0.39 is 27.1 Å². The summed E-state index contributed by atoms with van der Waals surface area (Å²) in [5.41, 5.74) is -0.0416. The molecule has 1 saturated heterocycles. The van der Waals surface area contributed by atoms with Crippen LogP contribution in [0.25, 0.3) is 22.9 Å². The van der Waals surface area contributed by atoms with Crippen molar-refractivity contribution in [3.63, 3.8) is 0 Å². The molecule has 0 spiro atoms. The number of sulfonamides is 1. The number of hydrogen-bond donors (Lipinski definition) is 2. The van der Waals surface area contributed by atoms with E-state index in [-0.39, 0.29) is 17.4 Å². The third-order valence-electron chi connectivity index (χ3n) is 4.85. The molecule has 1 aliphatic rings. The molecular weight excluding hydrogens is 397 g/mol. The van der Waals surface area contributed by atoms with Crippen molar-refractivity contribution in [2.45, 2.75) is 12.5 Å². The van der Waals surface area contributed by atoms with Crippen molar-refractivity contribution in [2.24, 2.45) is 0 Å². The fourth-order valence-electron chi connectivity index (χ4n) is 3.24. The summed E-state index contributed by atoms with van der Waals surface area (Å²) in [5.74, 6) is -0.830. The second-order valence-corrected chi connectivity index (χ2v) is 9.00. The Kier molecular flexibility index (Phi) is 4.38. The fraction of sp³-hybridized carbons (Fsp3) is 0.211. The third kappa shape index (κ3) is 3.35. The smallest absolute Gasteiger partial charge is 0.248 e. The molecule has 2 N–H and O–H groups in total. The molecule has 1 aliphatic heterocycles. The average Bonchev–Trinajstić information content (AvgIpc) is 3.17. The van der Waals surface area contributed by atoms with Gasteiger partial charge in [0.15, 0.2) is 0 Å². The molecule has 1 atom stereocenters. The monoisotopic (exact) mass is 415 g/mol. The Morgan fingerprint density at radius 3 is 2.45 bits per heavy atom. The first kappa shape index (κ1) is 19.1. The van der Waals surface area contributed by atoms with Crippen molar-refractivity contribution < 1.29 is 17.2 Å². The first-order valence-corrected chi connectivity index (χ1v) is 10.3. The van der Waals surface area contributed by atoms with Gasteiger partial charge in [-0.15, -0.1) is 10.2 Å². The van der Waals surface area contributed by atoms with E-state index >= 15 is 0 Å². The van der Waals surface area contributed by atoms with E-state index in [1.165, 1.54) is 32.2 Å². The van der Waals surface area contributed by atoms with Gasteiger partial charge >= 0.3 is 0 Å². The van der Waals surface area contributed by atoms with Gasteiger partial charge in [0.2, 0.25) is 27.8 Å². The highest BCUT2D eigenvalue weighted by Gasteiger charge is 2.43. The van der Waals surface area contributed by atoms with E-state index in [1.54, 1.807) is 0 Å². The van der Waals surface area contributed by atoms with Crippen LogP contribution < -0.4 is 5.32 Å². The molecule has 0 saturated carbocycles. The molecule has 0 aliphatic carbocycles. The van der Waals surface area contributed by atoms with Gasteiger partial charge in [-0.25, -0.2) is 17.1 Å². The lowest BCUT2D eigenvalue weighted by Crippen LogP contribution is -2.61. The van der Waals surface area contributed by atoms with E-state index in [2.05, 4.69) is 15.5 Å². The van der Waals surface area contributed by atoms with Gasteiger partial charge in [-0.3, -0.25) is 5.41 Å². The van der Waals surface area contributed by atoms with Gasteiger partial charge in [0.1, 0.15) is 5.82 Å². The van der Waals surface area contributed by atoms with Crippen LogP contribution in [-0.2, 0) is 15.6 Å². The largest absolute Gasteiger partial charge is 0.416 e. The molecule has 0 radical (unpaired) electrons. The number of hydrogen-bond acceptors (Lipinski definition) is 6. The van der Waals surface area contributed by atoms with Crippen LogP contribution in [0.5, 0.6) is 0 Å². The lowest BCUT2D eigenvalue weighted by atomic mass is 9.92. The molecule has 0 unspecified atom stereocenters. The standard InChI is InChI=1S/C19H18FN5O3S/c1-19(11-29(26,27)25(2)18(21)22-19)14-10-13(8-9-15(14)20)17-24-23-16(28-17)12-6-4-3-5-7-12/h3-10H,11H2,1-2H3,(H2,21,22)/t19-/m0/s1. The van der Waals surface area contributed by atoms with Crippen LogP contribution in [0.4, 0.5) is 4.39 Å². The number of nitrogens with one attached hydrogen (secondary N) is 2. The van der Waals surface area contributed by atoms with Crippen molar-refractivity contribution in [1.82, 2.24) is 19.8 Å². The lowest BCUT2D eigenvalue weighted by Gasteiger charge is -2.40. The maximum absolute atomic E-state index is 14.7. The molecule has 1 fully saturated rings. The number of rotatable bonds is 3. The van der Waals surface area contributed by atoms with E-state index in [0.29, 0.717) is 11.5 Å². The van der Waals surface area contributed by atoms with Crippen molar-refractivity contribution >= 4 is 16.0 Å². The van der Waals surface area contributed by atoms with Gasteiger partial charge in [-0.05, 0) is 37.3 Å². The van der Waals surface area contributed by atoms with Gasteiger partial charge in [0, 0.05) is 23.7 Å². The average molecular weight is 415 g/mol. The number of halogens is 1. The molecule has 10 heteroatoms. The van der Waals surface area contributed by atoms with Gasteiger partial charge < -0.3 is 9.73 Å². The predicted octanol–water partition coefficient (Wildman–Crippen LogP) is 2.56. The maximum atomic E-state index is 14.7. The molecule has 2 heterocycles. The number of nitrogens with zero attached hydrogens (tertiary/aromatic N) is 3. The van der Waals surface area contributed by atoms with Crippen LogP contribution in [0.2, 0.25) is 0 Å². The Morgan fingerprint density at radius 1 is 1.14 bits per heavy atom. The summed E-state index contributed by atoms with van der Waals surface area (Å²) in [7, 11) is -2.49. The van der Waals surface area contributed by atoms with Crippen LogP contribution >= 0.6 is 0 Å². The molecule has 4 rings (SSSR count). The second kappa shape index (κ2) is 6.66. The summed E-state index contributed by atoms with van der Waals surface area (Å²) in [6.45, 7) is 1.54. The predicted molar refractivity (Wildman–Crippen MR) is 105 cm³/mol. The molecular formula is C19H18FN5O3S. The molecule has 3 aromatic rings. The summed E-state index contributed by atoms with van der Waals surface area (Å²) in [6.07, 6.45) is 0. The lowest BCUT2D eigenvalue weighted by molar-refractivity contribution is 0.403. The van der Waals surface area contributed by atoms with Crippen LogP contribution in [0.15, 0.2) is 52.9 Å². The number of benzene rings is 2. The summed E-state index contributed by atoms with van der Waals surface area (Å²) in [4.78, 5) is 0. The topological polar surface area (TPSA) is 112 Å². The summed E-state index contributed by atoms with van der Waals surface area (Å²) in [5, 5.41) is 18.8. The third-order valence-corrected chi connectivity index (χ3v) is 6.81. The summed E-state index contributed by atoms with van der Waals surface area (Å²) < 4.78 is 46.0. The van der Waals surface area contributed by atoms with Crippen molar-refractivity contribution in [3.8, 4) is 22.9 Å². The van der Waals surface area contributed by atoms with Gasteiger partial charge in [-0.1, -0.05) is 18.2 Å². The summed E-state index contributed by atoms with van der Waals surface area (Å²) in [6, 6.07) is 13.4. The van der Waals surface area contributed by atoms with E-state index in [9.17, 15) is 12.8 Å². The highest BCUT2D eigenvalue weighted by Crippen LogP contribution is 2.33. The van der Waals surface area contributed by atoms with Crippen LogP contribution in [0.1, 0.15) is 12.5 Å². The Bertz CT molecular complexity index is 1200. The van der Waals surface area contributed by atoms with Crippen molar-refractivity contribution in [2.75, 3.05) is 12.8 Å². The number of aromatic nitrogens is 2. The first-order valence-electron chi connectivity index (χ1n) is 8.72. The van der Waals surface area contributed by atoms with E-state index in [1.807, 2.05) is 30.3 Å². The van der Waals surface area contributed by atoms with Crippen LogP contribution in [0, 0.1) is 11.2 Å². The molecule has 29 heavy (non-hydrogen) atoms. The minimum atomic E-state index is -3.76. The normalized spacial score (nSPS) is 21.1. The first-order chi connectivity index (χ1) is 13.7. The van der Waals surface area contributed by atoms with E-state index in [0.717, 1.165) is 9.87 Å². The Labute approximate surface area is 166 Å². The highest BCUT2D eigenvalue weighted by atomic mass is 32.2. The second-order valence-electron chi connectivity index (χ2n) is 7.00. The molecule has 150 valence electrons. The zero-order valence-electron chi connectivity index (χ0n) is 15.7. The van der Waals surface area contributed by atoms with Gasteiger partial charge in [-0.2, -0.15) is 0 Å². The maximum Gasteiger partial charge on any atom is 0.248 e. The van der Waals surface area contributed by atoms with Gasteiger partial charge in [0.05, 0.1) is 11.3 Å². The van der Waals surface area contributed by atoms with Gasteiger partial charge in [0.25, 0.3) is 0 Å². The molecule has 2 aromatic carbocycles. The van der Waals surface area contributed by atoms with Crippen LogP contribution in [-0.4, -0.2) is 41.7 Å². The highest BCUT2D eigenvalue weighted by molar-refractivity contribution is 7.89. The molecule has 0 bridgehead atoms. The van der Waals surface area contributed by atoms with Crippen molar-refractivity contribution in [1.29, 1.82) is 5.41 Å². The molecule has 8 nitrogen and oxygen atoms in total. The SMILES string of the molecule is CN1C(=N)N[C@](C)(c2cc(-c3nnc(-c4ccccc4)o3)ccc2F)CS1(=O)=O. The Balaban J connectivity index is 1.74. The minimum Gasteiger partial charge on any atom is -0.416 e. The fourth-order valence-corrected chi connectivity index (χ4v) is 4.72. The Morgan fingerprint density at radius 2 is 1.79 bits per heavy atom. The zero-order chi connectivity index (χ0) is 20.8. The van der Waals surface area contributed by atoms with Crippen molar-refractivity contribution in [3.05, 3.63) is 59.9 Å². The van der Waals surface area contributed by atoms with E-state index in [4.69, 9.17) is 9.83 Å². The molecule has 1 aromatic heterocycles. The minimum absolute atomic E-state index is 0.0934.